The second kappa shape index (κ2) is 6.55. The van der Waals surface area contributed by atoms with Crippen molar-refractivity contribution in [2.45, 2.75) is 71.1 Å². The van der Waals surface area contributed by atoms with Crippen LogP contribution in [0.3, 0.4) is 0 Å². The molecule has 2 aliphatic heterocycles. The highest BCUT2D eigenvalue weighted by Crippen LogP contribution is 2.27. The number of piperazine rings is 1. The van der Waals surface area contributed by atoms with Crippen molar-refractivity contribution in [2.24, 2.45) is 5.92 Å². The summed E-state index contributed by atoms with van der Waals surface area (Å²) < 4.78 is 5.85. The zero-order chi connectivity index (χ0) is 13.9. The Morgan fingerprint density at radius 2 is 2.21 bits per heavy atom. The van der Waals surface area contributed by atoms with Gasteiger partial charge in [-0.25, -0.2) is 0 Å². The molecule has 2 saturated heterocycles. The molecular formula is C16H32N2O. The quantitative estimate of drug-likeness (QED) is 0.829. The number of hydrogen-bond donors (Lipinski definition) is 1. The van der Waals surface area contributed by atoms with Gasteiger partial charge in [0.1, 0.15) is 0 Å². The van der Waals surface area contributed by atoms with Gasteiger partial charge in [0.05, 0.1) is 6.10 Å². The Morgan fingerprint density at radius 3 is 2.79 bits per heavy atom. The molecule has 4 unspecified atom stereocenters. The predicted molar refractivity (Wildman–Crippen MR) is 80.5 cm³/mol. The first-order valence-corrected chi connectivity index (χ1v) is 8.19. The molecule has 0 amide bonds. The maximum Gasteiger partial charge on any atom is 0.0703 e. The third-order valence-electron chi connectivity index (χ3n) is 5.47. The van der Waals surface area contributed by atoms with Gasteiger partial charge in [-0.1, -0.05) is 27.2 Å². The van der Waals surface area contributed by atoms with Crippen LogP contribution >= 0.6 is 0 Å². The van der Waals surface area contributed by atoms with Gasteiger partial charge in [0.25, 0.3) is 0 Å². The van der Waals surface area contributed by atoms with Crippen molar-refractivity contribution in [3.8, 4) is 0 Å². The average Bonchev–Trinajstić information content (AvgIpc) is 2.93. The summed E-state index contributed by atoms with van der Waals surface area (Å²) in [6.07, 6.45) is 5.43. The number of nitrogens with one attached hydrogen (secondary N) is 1. The lowest BCUT2D eigenvalue weighted by Crippen LogP contribution is -2.65. The molecule has 0 aliphatic carbocycles. The summed E-state index contributed by atoms with van der Waals surface area (Å²) in [7, 11) is 0. The first-order valence-electron chi connectivity index (χ1n) is 8.19. The predicted octanol–water partition coefficient (Wildman–Crippen LogP) is 2.65. The summed E-state index contributed by atoms with van der Waals surface area (Å²) in [6, 6.07) is 0.644. The molecule has 0 saturated carbocycles. The Bertz CT molecular complexity index is 278. The number of rotatable bonds is 5. The maximum absolute atomic E-state index is 5.85. The van der Waals surface area contributed by atoms with E-state index in [0.29, 0.717) is 17.7 Å². The van der Waals surface area contributed by atoms with Gasteiger partial charge in [-0.15, -0.1) is 0 Å². The zero-order valence-corrected chi connectivity index (χ0v) is 13.2. The molecule has 2 heterocycles. The molecule has 0 aromatic heterocycles. The fourth-order valence-corrected chi connectivity index (χ4v) is 3.33. The van der Waals surface area contributed by atoms with Gasteiger partial charge < -0.3 is 10.1 Å². The Balaban J connectivity index is 1.99. The van der Waals surface area contributed by atoms with Crippen LogP contribution in [0.5, 0.6) is 0 Å². The van der Waals surface area contributed by atoms with Crippen LogP contribution in [0.1, 0.15) is 53.4 Å². The summed E-state index contributed by atoms with van der Waals surface area (Å²) in [5.41, 5.74) is 0.301. The van der Waals surface area contributed by atoms with Crippen LogP contribution in [0.25, 0.3) is 0 Å². The van der Waals surface area contributed by atoms with E-state index in [1.165, 1.54) is 32.2 Å². The van der Waals surface area contributed by atoms with Gasteiger partial charge in [0.15, 0.2) is 0 Å². The Kier molecular flexibility index (Phi) is 5.27. The first-order chi connectivity index (χ1) is 9.09. The maximum atomic E-state index is 5.85. The fraction of sp³-hybridized carbons (Fsp3) is 1.00. The molecule has 2 rings (SSSR count). The summed E-state index contributed by atoms with van der Waals surface area (Å²) in [5, 5.41) is 3.78. The molecule has 19 heavy (non-hydrogen) atoms. The van der Waals surface area contributed by atoms with Crippen molar-refractivity contribution in [1.29, 1.82) is 0 Å². The Labute approximate surface area is 119 Å². The zero-order valence-electron chi connectivity index (χ0n) is 13.2. The van der Waals surface area contributed by atoms with Crippen LogP contribution in [-0.4, -0.2) is 48.8 Å². The van der Waals surface area contributed by atoms with E-state index in [1.807, 2.05) is 0 Å². The van der Waals surface area contributed by atoms with Crippen molar-refractivity contribution >= 4 is 0 Å². The molecule has 0 aromatic carbocycles. The van der Waals surface area contributed by atoms with E-state index in [1.54, 1.807) is 0 Å². The third kappa shape index (κ3) is 3.50. The molecule has 0 aromatic rings. The average molecular weight is 268 g/mol. The van der Waals surface area contributed by atoms with Crippen molar-refractivity contribution < 1.29 is 4.74 Å². The minimum absolute atomic E-state index is 0.301. The van der Waals surface area contributed by atoms with Crippen LogP contribution in [0.15, 0.2) is 0 Å². The van der Waals surface area contributed by atoms with Crippen LogP contribution < -0.4 is 5.32 Å². The molecule has 3 nitrogen and oxygen atoms in total. The van der Waals surface area contributed by atoms with Gasteiger partial charge in [0, 0.05) is 37.8 Å². The molecule has 0 radical (unpaired) electrons. The first kappa shape index (κ1) is 15.3. The fourth-order valence-electron chi connectivity index (χ4n) is 3.33. The second-order valence-corrected chi connectivity index (χ2v) is 6.76. The summed E-state index contributed by atoms with van der Waals surface area (Å²) >= 11 is 0. The van der Waals surface area contributed by atoms with Crippen LogP contribution in [-0.2, 0) is 4.74 Å². The topological polar surface area (TPSA) is 24.5 Å². The number of ether oxygens (including phenoxy) is 1. The highest BCUT2D eigenvalue weighted by molar-refractivity contribution is 4.97. The number of nitrogens with zero attached hydrogens (tertiary/aromatic N) is 1. The smallest absolute Gasteiger partial charge is 0.0703 e. The minimum atomic E-state index is 0.301. The van der Waals surface area contributed by atoms with E-state index < -0.39 is 0 Å². The van der Waals surface area contributed by atoms with E-state index >= 15 is 0 Å². The number of hydrogen-bond acceptors (Lipinski definition) is 3. The lowest BCUT2D eigenvalue weighted by Gasteiger charge is -2.50. The SMILES string of the molecule is CCC(C)C1CN(CC2CCCO2)C(C)(CC)CN1. The van der Waals surface area contributed by atoms with Crippen molar-refractivity contribution in [2.75, 3.05) is 26.2 Å². The van der Waals surface area contributed by atoms with Crippen LogP contribution in [0.4, 0.5) is 0 Å². The molecular weight excluding hydrogens is 236 g/mol. The molecule has 2 aliphatic rings. The Morgan fingerprint density at radius 1 is 1.42 bits per heavy atom. The summed E-state index contributed by atoms with van der Waals surface area (Å²) in [6.45, 7) is 13.8. The van der Waals surface area contributed by atoms with Crippen LogP contribution in [0, 0.1) is 5.92 Å². The van der Waals surface area contributed by atoms with Crippen LogP contribution in [0.2, 0.25) is 0 Å². The third-order valence-corrected chi connectivity index (χ3v) is 5.47. The highest BCUT2D eigenvalue weighted by Gasteiger charge is 2.38. The van der Waals surface area contributed by atoms with Gasteiger partial charge in [0.2, 0.25) is 0 Å². The summed E-state index contributed by atoms with van der Waals surface area (Å²) in [5.74, 6) is 0.758. The van der Waals surface area contributed by atoms with E-state index in [4.69, 9.17) is 4.74 Å². The highest BCUT2D eigenvalue weighted by atomic mass is 16.5. The lowest BCUT2D eigenvalue weighted by molar-refractivity contribution is -0.00875. The molecule has 3 heteroatoms. The van der Waals surface area contributed by atoms with Crippen molar-refractivity contribution in [3.63, 3.8) is 0 Å². The molecule has 0 bridgehead atoms. The Hall–Kier alpha value is -0.120. The monoisotopic (exact) mass is 268 g/mol. The van der Waals surface area contributed by atoms with Gasteiger partial charge in [-0.2, -0.15) is 0 Å². The van der Waals surface area contributed by atoms with E-state index in [0.717, 1.165) is 25.6 Å². The second-order valence-electron chi connectivity index (χ2n) is 6.76. The molecule has 1 N–H and O–H groups in total. The molecule has 4 atom stereocenters. The van der Waals surface area contributed by atoms with E-state index in [2.05, 4.69) is 37.9 Å². The van der Waals surface area contributed by atoms with Gasteiger partial charge >= 0.3 is 0 Å². The van der Waals surface area contributed by atoms with E-state index in [-0.39, 0.29) is 0 Å². The van der Waals surface area contributed by atoms with E-state index in [9.17, 15) is 0 Å². The summed E-state index contributed by atoms with van der Waals surface area (Å²) in [4.78, 5) is 2.70. The van der Waals surface area contributed by atoms with Gasteiger partial charge in [-0.05, 0) is 32.1 Å². The molecule has 2 fully saturated rings. The van der Waals surface area contributed by atoms with Gasteiger partial charge in [-0.3, -0.25) is 4.90 Å². The van der Waals surface area contributed by atoms with Crippen molar-refractivity contribution in [3.05, 3.63) is 0 Å². The standard InChI is InChI=1S/C16H32N2O/c1-5-13(3)15-11-18(10-14-8-7-9-19-14)16(4,6-2)12-17-15/h13-15,17H,5-12H2,1-4H3. The lowest BCUT2D eigenvalue weighted by atomic mass is 9.87. The molecule has 0 spiro atoms. The normalized spacial score (nSPS) is 38.5. The largest absolute Gasteiger partial charge is 0.377 e. The molecule has 112 valence electrons. The minimum Gasteiger partial charge on any atom is -0.377 e. The van der Waals surface area contributed by atoms with Crippen molar-refractivity contribution in [1.82, 2.24) is 10.2 Å².